The Labute approximate surface area is 257 Å². The molecule has 0 saturated carbocycles. The fraction of sp³-hybridized carbons (Fsp3) is 0.296. The summed E-state index contributed by atoms with van der Waals surface area (Å²) in [5.74, 6) is -0.654. The largest absolute Gasteiger partial charge is 0.469 e. The van der Waals surface area contributed by atoms with E-state index in [2.05, 4.69) is 30.4 Å². The number of amides is 3. The summed E-state index contributed by atoms with van der Waals surface area (Å²) in [6.07, 6.45) is -1.86. The topological polar surface area (TPSA) is 185 Å². The van der Waals surface area contributed by atoms with Gasteiger partial charge in [-0.1, -0.05) is 6.07 Å². The molecule has 5 N–H and O–H groups in total. The molecule has 0 bridgehead atoms. The second kappa shape index (κ2) is 13.9. The molecular weight excluding hydrogens is 640 g/mol. The third-order valence-corrected chi connectivity index (χ3v) is 7.75. The van der Waals surface area contributed by atoms with Crippen molar-refractivity contribution in [3.05, 3.63) is 63.5 Å². The molecule has 0 aliphatic carbocycles. The number of phosphoric ester groups is 1. The Morgan fingerprint density at radius 2 is 1.89 bits per heavy atom. The molecule has 3 heterocycles. The summed E-state index contributed by atoms with van der Waals surface area (Å²) in [7, 11) is -4.65. The van der Waals surface area contributed by atoms with Crippen LogP contribution in [0.25, 0.3) is 32.6 Å². The summed E-state index contributed by atoms with van der Waals surface area (Å²) < 4.78 is 57.0. The summed E-state index contributed by atoms with van der Waals surface area (Å²) in [5, 5.41) is 8.62. The van der Waals surface area contributed by atoms with E-state index in [4.69, 9.17) is 9.79 Å². The molecular formula is C27H28F3N6O7PS. The van der Waals surface area contributed by atoms with Crippen molar-refractivity contribution in [1.82, 2.24) is 25.2 Å². The van der Waals surface area contributed by atoms with E-state index in [1.807, 2.05) is 6.92 Å². The molecule has 0 aliphatic rings. The van der Waals surface area contributed by atoms with Gasteiger partial charge in [0.1, 0.15) is 16.4 Å². The van der Waals surface area contributed by atoms with Crippen molar-refractivity contribution in [1.29, 1.82) is 0 Å². The lowest BCUT2D eigenvalue weighted by atomic mass is 9.99. The molecule has 4 rings (SSSR count). The molecule has 0 saturated heterocycles. The number of aryl methyl sites for hydroxylation is 1. The fourth-order valence-corrected chi connectivity index (χ4v) is 5.54. The van der Waals surface area contributed by atoms with Gasteiger partial charge in [0.15, 0.2) is 5.69 Å². The molecule has 3 aromatic heterocycles. The van der Waals surface area contributed by atoms with Crippen LogP contribution in [0.5, 0.6) is 0 Å². The number of alkyl halides is 3. The Kier molecular flexibility index (Phi) is 10.4. The molecule has 45 heavy (non-hydrogen) atoms. The summed E-state index contributed by atoms with van der Waals surface area (Å²) in [5.41, 5.74) is -0.453. The number of aromatic nitrogens is 3. The van der Waals surface area contributed by atoms with Crippen molar-refractivity contribution in [3.63, 3.8) is 0 Å². The highest BCUT2D eigenvalue weighted by Crippen LogP contribution is 2.39. The molecule has 0 atom stereocenters. The van der Waals surface area contributed by atoms with E-state index in [1.54, 1.807) is 23.6 Å². The number of hydrogen-bond donors (Lipinski definition) is 5. The number of carbonyl (C=O) groups is 2. The monoisotopic (exact) mass is 668 g/mol. The normalized spacial score (nSPS) is 11.9. The van der Waals surface area contributed by atoms with Gasteiger partial charge in [-0.05, 0) is 44.0 Å². The lowest BCUT2D eigenvalue weighted by molar-refractivity contribution is -0.140. The zero-order valence-corrected chi connectivity index (χ0v) is 25.6. The number of benzene rings is 1. The summed E-state index contributed by atoms with van der Waals surface area (Å²) in [6.45, 7) is 3.89. The minimum absolute atomic E-state index is 0.000555. The molecule has 18 heteroatoms. The number of nitrogens with one attached hydrogen (secondary N) is 3. The van der Waals surface area contributed by atoms with Crippen LogP contribution in [0.2, 0.25) is 0 Å². The Hall–Kier alpha value is -4.15. The first-order valence-corrected chi connectivity index (χ1v) is 15.9. The molecule has 4 aromatic rings. The number of carbonyl (C=O) groups excluding carboxylic acids is 2. The Balaban J connectivity index is 1.76. The quantitative estimate of drug-likeness (QED) is 0.113. The van der Waals surface area contributed by atoms with Gasteiger partial charge in [0.2, 0.25) is 5.43 Å². The number of hydrogen-bond acceptors (Lipinski definition) is 8. The Morgan fingerprint density at radius 1 is 1.13 bits per heavy atom. The van der Waals surface area contributed by atoms with Gasteiger partial charge in [-0.2, -0.15) is 13.2 Å². The average molecular weight is 669 g/mol. The van der Waals surface area contributed by atoms with Crippen LogP contribution in [-0.2, 0) is 21.8 Å². The van der Waals surface area contributed by atoms with Crippen LogP contribution in [0.4, 0.5) is 23.8 Å². The van der Waals surface area contributed by atoms with Gasteiger partial charge in [0.05, 0.1) is 12.1 Å². The molecule has 0 unspecified atom stereocenters. The number of thiazole rings is 1. The first-order chi connectivity index (χ1) is 21.2. The maximum absolute atomic E-state index is 13.5. The molecule has 0 aliphatic heterocycles. The highest BCUT2D eigenvalue weighted by atomic mass is 32.1. The number of anilines is 1. The van der Waals surface area contributed by atoms with Crippen molar-refractivity contribution in [3.8, 4) is 21.7 Å². The van der Waals surface area contributed by atoms with Crippen molar-refractivity contribution in [2.45, 2.75) is 33.0 Å². The molecule has 0 fully saturated rings. The van der Waals surface area contributed by atoms with Gasteiger partial charge in [-0.3, -0.25) is 19.4 Å². The molecule has 240 valence electrons. The van der Waals surface area contributed by atoms with E-state index in [9.17, 15) is 32.1 Å². The zero-order valence-electron chi connectivity index (χ0n) is 23.8. The fourth-order valence-electron chi connectivity index (χ4n) is 4.32. The highest BCUT2D eigenvalue weighted by molar-refractivity contribution is 7.46. The van der Waals surface area contributed by atoms with Gasteiger partial charge in [0, 0.05) is 53.9 Å². The smallest absolute Gasteiger partial charge is 0.352 e. The van der Waals surface area contributed by atoms with E-state index in [-0.39, 0.29) is 46.9 Å². The van der Waals surface area contributed by atoms with Crippen molar-refractivity contribution < 1.29 is 41.6 Å². The highest BCUT2D eigenvalue weighted by Gasteiger charge is 2.34. The van der Waals surface area contributed by atoms with E-state index < -0.39 is 37.1 Å². The number of phosphoric acid groups is 1. The number of rotatable bonds is 11. The van der Waals surface area contributed by atoms with E-state index in [1.165, 1.54) is 24.5 Å². The molecule has 3 amide bonds. The van der Waals surface area contributed by atoms with Gasteiger partial charge in [-0.15, -0.1) is 11.3 Å². The Bertz CT molecular complexity index is 1840. The average Bonchev–Trinajstić information content (AvgIpc) is 3.48. The number of nitrogens with zero attached hydrogens (tertiary/aromatic N) is 3. The van der Waals surface area contributed by atoms with Crippen molar-refractivity contribution >= 4 is 47.8 Å². The van der Waals surface area contributed by atoms with Gasteiger partial charge < -0.3 is 25.0 Å². The van der Waals surface area contributed by atoms with Crippen LogP contribution < -0.4 is 21.4 Å². The molecule has 1 aromatic carbocycles. The number of fused-ring (bicyclic) bond motifs is 1. The van der Waals surface area contributed by atoms with Gasteiger partial charge >= 0.3 is 20.0 Å². The zero-order chi connectivity index (χ0) is 32.9. The maximum Gasteiger partial charge on any atom is 0.469 e. The van der Waals surface area contributed by atoms with Crippen molar-refractivity contribution in [2.75, 3.05) is 25.0 Å². The SMILES string of the molecule is CCNC(=O)Nc1cc(-c2nc(C(F)(F)F)cs2)c(-c2ccc3c(c2)c(=O)c(C(=O)NCCCOP(=O)(O)O)cn3CC)cn1. The van der Waals surface area contributed by atoms with Crippen LogP contribution in [0.1, 0.15) is 36.3 Å². The summed E-state index contributed by atoms with van der Waals surface area (Å²) in [4.78, 5) is 64.1. The van der Waals surface area contributed by atoms with Crippen LogP contribution in [0.15, 0.2) is 46.8 Å². The summed E-state index contributed by atoms with van der Waals surface area (Å²) in [6, 6.07) is 5.63. The van der Waals surface area contributed by atoms with Crippen LogP contribution in [0, 0.1) is 0 Å². The molecule has 0 spiro atoms. The molecule has 13 nitrogen and oxygen atoms in total. The molecule has 0 radical (unpaired) electrons. The second-order valence-electron chi connectivity index (χ2n) is 9.46. The number of urea groups is 1. The van der Waals surface area contributed by atoms with Crippen molar-refractivity contribution in [2.24, 2.45) is 0 Å². The van der Waals surface area contributed by atoms with Crippen LogP contribution in [-0.4, -0.2) is 56.0 Å². The Morgan fingerprint density at radius 3 is 2.53 bits per heavy atom. The maximum atomic E-state index is 13.5. The third kappa shape index (κ3) is 8.32. The second-order valence-corrected chi connectivity index (χ2v) is 11.6. The van der Waals surface area contributed by atoms with E-state index in [0.717, 1.165) is 16.7 Å². The lowest BCUT2D eigenvalue weighted by Crippen LogP contribution is -2.31. The van der Waals surface area contributed by atoms with E-state index >= 15 is 0 Å². The minimum atomic E-state index is -4.68. The standard InChI is InChI=1S/C27H28F3N6O7PS/c1-3-31-26(39)35-22-11-16(25-34-21(14-45-25)27(28,29)30)18(12-33-22)15-6-7-20-17(10-15)23(37)19(13-36(20)4-2)24(38)32-8-5-9-43-44(40,41)42/h6-7,10-14H,3-5,8-9H2,1-2H3,(H,32,38)(H2,40,41,42)(H2,31,33,35,39). The first-order valence-electron chi connectivity index (χ1n) is 13.5. The minimum Gasteiger partial charge on any atom is -0.352 e. The number of halogens is 3. The summed E-state index contributed by atoms with van der Waals surface area (Å²) >= 11 is 0.749. The van der Waals surface area contributed by atoms with Gasteiger partial charge in [-0.25, -0.2) is 19.3 Å². The van der Waals surface area contributed by atoms with Gasteiger partial charge in [0.25, 0.3) is 5.91 Å². The van der Waals surface area contributed by atoms with Crippen LogP contribution >= 0.6 is 19.2 Å². The lowest BCUT2D eigenvalue weighted by Gasteiger charge is -2.15. The predicted octanol–water partition coefficient (Wildman–Crippen LogP) is 4.60. The predicted molar refractivity (Wildman–Crippen MR) is 161 cm³/mol. The first kappa shape index (κ1) is 33.7. The third-order valence-electron chi connectivity index (χ3n) is 6.35. The van der Waals surface area contributed by atoms with E-state index in [0.29, 0.717) is 29.7 Å². The van der Waals surface area contributed by atoms with Crippen LogP contribution in [0.3, 0.4) is 0 Å². The number of pyridine rings is 2.